The number of rotatable bonds is 8. The quantitative estimate of drug-likeness (QED) is 0.706. The van der Waals surface area contributed by atoms with Crippen LogP contribution < -0.4 is 10.1 Å². The third-order valence-corrected chi connectivity index (χ3v) is 3.10. The molecule has 1 N–H and O–H groups in total. The zero-order valence-electron chi connectivity index (χ0n) is 13.1. The summed E-state index contributed by atoms with van der Waals surface area (Å²) in [6, 6.07) is 6.93. The molecule has 0 saturated heterocycles. The van der Waals surface area contributed by atoms with Gasteiger partial charge in [-0.1, -0.05) is 45.4 Å². The Morgan fingerprint density at radius 1 is 1.16 bits per heavy atom. The Labute approximate surface area is 118 Å². The Morgan fingerprint density at radius 3 is 2.53 bits per heavy atom. The largest absolute Gasteiger partial charge is 0.493 e. The molecule has 0 aliphatic rings. The van der Waals surface area contributed by atoms with Gasteiger partial charge in [-0.25, -0.2) is 0 Å². The first kappa shape index (κ1) is 16.0. The van der Waals surface area contributed by atoms with Gasteiger partial charge in [-0.3, -0.25) is 0 Å². The van der Waals surface area contributed by atoms with E-state index in [0.29, 0.717) is 6.04 Å². The molecule has 0 spiro atoms. The summed E-state index contributed by atoms with van der Waals surface area (Å²) in [6.45, 7) is 12.7. The molecular formula is C17H29NO. The lowest BCUT2D eigenvalue weighted by Crippen LogP contribution is -2.22. The first-order valence-corrected chi connectivity index (χ1v) is 7.44. The number of benzene rings is 1. The van der Waals surface area contributed by atoms with Crippen LogP contribution in [0.3, 0.4) is 0 Å². The van der Waals surface area contributed by atoms with Gasteiger partial charge in [0.05, 0.1) is 6.61 Å². The Hall–Kier alpha value is -1.02. The average Bonchev–Trinajstić information content (AvgIpc) is 2.33. The summed E-state index contributed by atoms with van der Waals surface area (Å²) in [6.07, 6.45) is 2.36. The van der Waals surface area contributed by atoms with E-state index < -0.39 is 0 Å². The minimum Gasteiger partial charge on any atom is -0.493 e. The van der Waals surface area contributed by atoms with Gasteiger partial charge in [-0.05, 0) is 31.7 Å². The van der Waals surface area contributed by atoms with Gasteiger partial charge in [0, 0.05) is 18.2 Å². The number of nitrogens with one attached hydrogen (secondary N) is 1. The van der Waals surface area contributed by atoms with Crippen LogP contribution in [0.5, 0.6) is 5.75 Å². The van der Waals surface area contributed by atoms with Crippen LogP contribution in [0.4, 0.5) is 0 Å². The van der Waals surface area contributed by atoms with E-state index in [1.807, 2.05) is 0 Å². The molecular weight excluding hydrogens is 234 g/mol. The summed E-state index contributed by atoms with van der Waals surface area (Å²) in [5.41, 5.74) is 2.55. The average molecular weight is 263 g/mol. The molecule has 2 heteroatoms. The molecule has 0 aliphatic carbocycles. The maximum Gasteiger partial charge on any atom is 0.123 e. The smallest absolute Gasteiger partial charge is 0.123 e. The van der Waals surface area contributed by atoms with Crippen LogP contribution in [0, 0.1) is 12.8 Å². The second-order valence-corrected chi connectivity index (χ2v) is 6.03. The second-order valence-electron chi connectivity index (χ2n) is 6.03. The molecule has 0 heterocycles. The zero-order valence-corrected chi connectivity index (χ0v) is 13.1. The molecule has 0 saturated carbocycles. The molecule has 1 aromatic rings. The van der Waals surface area contributed by atoms with Crippen molar-refractivity contribution < 1.29 is 4.74 Å². The maximum absolute atomic E-state index is 5.93. The summed E-state index contributed by atoms with van der Waals surface area (Å²) in [4.78, 5) is 0. The first-order valence-electron chi connectivity index (χ1n) is 7.44. The Kier molecular flexibility index (Phi) is 6.93. The molecule has 0 aliphatic heterocycles. The molecule has 0 amide bonds. The monoisotopic (exact) mass is 263 g/mol. The highest BCUT2D eigenvalue weighted by atomic mass is 16.5. The summed E-state index contributed by atoms with van der Waals surface area (Å²) < 4.78 is 5.93. The Morgan fingerprint density at radius 2 is 1.89 bits per heavy atom. The van der Waals surface area contributed by atoms with Crippen LogP contribution in [-0.2, 0) is 6.54 Å². The normalized spacial score (nSPS) is 11.3. The van der Waals surface area contributed by atoms with Crippen LogP contribution in [0.1, 0.15) is 51.7 Å². The lowest BCUT2D eigenvalue weighted by Gasteiger charge is -2.15. The molecule has 1 rings (SSSR count). The fraction of sp³-hybridized carbons (Fsp3) is 0.647. The van der Waals surface area contributed by atoms with Gasteiger partial charge in [0.2, 0.25) is 0 Å². The highest BCUT2D eigenvalue weighted by Gasteiger charge is 2.05. The van der Waals surface area contributed by atoms with Crippen molar-refractivity contribution in [1.29, 1.82) is 0 Å². The van der Waals surface area contributed by atoms with Crippen molar-refractivity contribution in [2.24, 2.45) is 5.92 Å². The minimum absolute atomic E-state index is 0.495. The maximum atomic E-state index is 5.93. The lowest BCUT2D eigenvalue weighted by molar-refractivity contribution is 0.294. The van der Waals surface area contributed by atoms with Crippen molar-refractivity contribution in [2.75, 3.05) is 6.61 Å². The number of hydrogen-bond acceptors (Lipinski definition) is 2. The predicted octanol–water partition coefficient (Wildman–Crippen LogP) is 4.31. The van der Waals surface area contributed by atoms with E-state index in [1.165, 1.54) is 17.5 Å². The van der Waals surface area contributed by atoms with Gasteiger partial charge in [0.15, 0.2) is 0 Å². The van der Waals surface area contributed by atoms with Gasteiger partial charge in [0.1, 0.15) is 5.75 Å². The van der Waals surface area contributed by atoms with E-state index in [0.717, 1.165) is 31.2 Å². The van der Waals surface area contributed by atoms with Crippen molar-refractivity contribution >= 4 is 0 Å². The number of hydrogen-bond donors (Lipinski definition) is 1. The van der Waals surface area contributed by atoms with Crippen LogP contribution in [0.2, 0.25) is 0 Å². The van der Waals surface area contributed by atoms with Crippen molar-refractivity contribution in [1.82, 2.24) is 5.32 Å². The minimum atomic E-state index is 0.495. The van der Waals surface area contributed by atoms with E-state index in [2.05, 4.69) is 58.1 Å². The molecule has 0 atom stereocenters. The van der Waals surface area contributed by atoms with Crippen LogP contribution in [0.25, 0.3) is 0 Å². The zero-order chi connectivity index (χ0) is 14.3. The third-order valence-electron chi connectivity index (χ3n) is 3.10. The van der Waals surface area contributed by atoms with Crippen molar-refractivity contribution in [3.05, 3.63) is 29.3 Å². The van der Waals surface area contributed by atoms with Gasteiger partial charge >= 0.3 is 0 Å². The number of aryl methyl sites for hydroxylation is 1. The summed E-state index contributed by atoms with van der Waals surface area (Å²) >= 11 is 0. The third kappa shape index (κ3) is 6.63. The Balaban J connectivity index is 2.55. The van der Waals surface area contributed by atoms with Gasteiger partial charge < -0.3 is 10.1 Å². The molecule has 0 bridgehead atoms. The van der Waals surface area contributed by atoms with E-state index >= 15 is 0 Å². The van der Waals surface area contributed by atoms with E-state index in [-0.39, 0.29) is 0 Å². The highest BCUT2D eigenvalue weighted by Crippen LogP contribution is 2.20. The van der Waals surface area contributed by atoms with Crippen molar-refractivity contribution in [3.63, 3.8) is 0 Å². The molecule has 0 fully saturated rings. The molecule has 0 aromatic heterocycles. The van der Waals surface area contributed by atoms with E-state index in [9.17, 15) is 0 Å². The SMILES string of the molecule is Cc1ccc(OCCCC(C)C)c(CNC(C)C)c1. The summed E-state index contributed by atoms with van der Waals surface area (Å²) in [5, 5.41) is 3.46. The first-order chi connectivity index (χ1) is 8.99. The number of ether oxygens (including phenoxy) is 1. The molecule has 2 nitrogen and oxygen atoms in total. The predicted molar refractivity (Wildman–Crippen MR) is 82.7 cm³/mol. The van der Waals surface area contributed by atoms with Crippen molar-refractivity contribution in [3.8, 4) is 5.75 Å². The standard InChI is InChI=1S/C17H29NO/c1-13(2)7-6-10-19-17-9-8-15(5)11-16(17)12-18-14(3)4/h8-9,11,13-14,18H,6-7,10,12H2,1-5H3. The highest BCUT2D eigenvalue weighted by molar-refractivity contribution is 5.36. The van der Waals surface area contributed by atoms with Gasteiger partial charge in [-0.15, -0.1) is 0 Å². The lowest BCUT2D eigenvalue weighted by atomic mass is 10.1. The molecule has 1 aromatic carbocycles. The second kappa shape index (κ2) is 8.21. The van der Waals surface area contributed by atoms with Crippen LogP contribution in [-0.4, -0.2) is 12.6 Å². The molecule has 0 radical (unpaired) electrons. The van der Waals surface area contributed by atoms with Gasteiger partial charge in [-0.2, -0.15) is 0 Å². The summed E-state index contributed by atoms with van der Waals surface area (Å²) in [7, 11) is 0. The van der Waals surface area contributed by atoms with Crippen LogP contribution in [0.15, 0.2) is 18.2 Å². The molecule has 0 unspecified atom stereocenters. The fourth-order valence-electron chi connectivity index (χ4n) is 1.97. The van der Waals surface area contributed by atoms with Crippen molar-refractivity contribution in [2.45, 2.75) is 60.0 Å². The Bertz CT molecular complexity index is 372. The molecule has 108 valence electrons. The van der Waals surface area contributed by atoms with E-state index in [1.54, 1.807) is 0 Å². The topological polar surface area (TPSA) is 21.3 Å². The van der Waals surface area contributed by atoms with Gasteiger partial charge in [0.25, 0.3) is 0 Å². The van der Waals surface area contributed by atoms with Crippen LogP contribution >= 0.6 is 0 Å². The fourth-order valence-corrected chi connectivity index (χ4v) is 1.97. The van der Waals surface area contributed by atoms with E-state index in [4.69, 9.17) is 4.74 Å². The molecule has 19 heavy (non-hydrogen) atoms. The summed E-state index contributed by atoms with van der Waals surface area (Å²) in [5.74, 6) is 1.78.